The molecule has 3 N–H and O–H groups in total. The average Bonchev–Trinajstić information content (AvgIpc) is 2.56. The number of nitrogens with one attached hydrogen (secondary N) is 1. The molecule has 1 aliphatic rings. The Labute approximate surface area is 93.6 Å². The SMILES string of the molecule is CS(=O)(=O)C1(C(N)=O)NCc2ccccc21. The fourth-order valence-electron chi connectivity index (χ4n) is 2.07. The van der Waals surface area contributed by atoms with Gasteiger partial charge in [0.2, 0.25) is 4.87 Å². The highest BCUT2D eigenvalue weighted by Crippen LogP contribution is 2.35. The molecule has 1 amide bonds. The van der Waals surface area contributed by atoms with Gasteiger partial charge in [-0.3, -0.25) is 10.1 Å². The summed E-state index contributed by atoms with van der Waals surface area (Å²) in [5.74, 6) is -0.889. The number of amides is 1. The molecule has 1 aromatic carbocycles. The van der Waals surface area contributed by atoms with E-state index in [-0.39, 0.29) is 0 Å². The van der Waals surface area contributed by atoms with Gasteiger partial charge in [0.05, 0.1) is 0 Å². The number of benzene rings is 1. The maximum atomic E-state index is 11.8. The zero-order valence-electron chi connectivity index (χ0n) is 8.73. The van der Waals surface area contributed by atoms with Gasteiger partial charge in [-0.25, -0.2) is 8.42 Å². The van der Waals surface area contributed by atoms with E-state index in [1.807, 2.05) is 0 Å². The van der Waals surface area contributed by atoms with Crippen molar-refractivity contribution in [2.24, 2.45) is 5.73 Å². The van der Waals surface area contributed by atoms with E-state index in [0.29, 0.717) is 12.1 Å². The van der Waals surface area contributed by atoms with Gasteiger partial charge < -0.3 is 5.73 Å². The Hall–Kier alpha value is -1.40. The Kier molecular flexibility index (Phi) is 2.28. The molecule has 1 unspecified atom stereocenters. The Bertz CT molecular complexity index is 553. The summed E-state index contributed by atoms with van der Waals surface area (Å²) < 4.78 is 23.6. The summed E-state index contributed by atoms with van der Waals surface area (Å²) in [6.07, 6.45) is 1.01. The van der Waals surface area contributed by atoms with E-state index in [2.05, 4.69) is 5.32 Å². The van der Waals surface area contributed by atoms with Gasteiger partial charge in [-0.2, -0.15) is 0 Å². The minimum atomic E-state index is -3.66. The van der Waals surface area contributed by atoms with Crippen LogP contribution < -0.4 is 11.1 Å². The molecule has 6 heteroatoms. The van der Waals surface area contributed by atoms with Gasteiger partial charge in [0, 0.05) is 18.4 Å². The third-order valence-electron chi connectivity index (χ3n) is 2.83. The molecule has 1 aromatic rings. The van der Waals surface area contributed by atoms with Crippen LogP contribution >= 0.6 is 0 Å². The predicted molar refractivity (Wildman–Crippen MR) is 59.0 cm³/mol. The van der Waals surface area contributed by atoms with E-state index >= 15 is 0 Å². The van der Waals surface area contributed by atoms with Crippen molar-refractivity contribution in [3.05, 3.63) is 35.4 Å². The van der Waals surface area contributed by atoms with Gasteiger partial charge in [-0.05, 0) is 5.56 Å². The lowest BCUT2D eigenvalue weighted by Crippen LogP contribution is -2.54. The molecule has 0 saturated heterocycles. The number of primary amides is 1. The van der Waals surface area contributed by atoms with Crippen LogP contribution in [-0.4, -0.2) is 20.6 Å². The maximum absolute atomic E-state index is 11.8. The minimum absolute atomic E-state index is 0.326. The summed E-state index contributed by atoms with van der Waals surface area (Å²) in [5.41, 5.74) is 6.47. The quantitative estimate of drug-likeness (QED) is 0.727. The van der Waals surface area contributed by atoms with Crippen LogP contribution in [0.15, 0.2) is 24.3 Å². The Morgan fingerprint density at radius 1 is 1.44 bits per heavy atom. The van der Waals surface area contributed by atoms with Crippen molar-refractivity contribution in [2.45, 2.75) is 11.4 Å². The van der Waals surface area contributed by atoms with Gasteiger partial charge in [-0.15, -0.1) is 0 Å². The summed E-state index contributed by atoms with van der Waals surface area (Å²) in [5, 5.41) is 2.71. The molecule has 0 aliphatic carbocycles. The topological polar surface area (TPSA) is 89.3 Å². The number of fused-ring (bicyclic) bond motifs is 1. The fraction of sp³-hybridized carbons (Fsp3) is 0.300. The molecule has 1 aliphatic heterocycles. The second kappa shape index (κ2) is 3.29. The van der Waals surface area contributed by atoms with Crippen molar-refractivity contribution >= 4 is 15.7 Å². The van der Waals surface area contributed by atoms with Crippen LogP contribution in [0, 0.1) is 0 Å². The Balaban J connectivity index is 2.76. The van der Waals surface area contributed by atoms with Crippen LogP contribution in [-0.2, 0) is 26.0 Å². The molecule has 0 spiro atoms. The summed E-state index contributed by atoms with van der Waals surface area (Å²) in [6.45, 7) is 0.326. The number of sulfone groups is 1. The summed E-state index contributed by atoms with van der Waals surface area (Å²) in [6, 6.07) is 6.87. The monoisotopic (exact) mass is 240 g/mol. The van der Waals surface area contributed by atoms with Crippen molar-refractivity contribution in [1.29, 1.82) is 0 Å². The minimum Gasteiger partial charge on any atom is -0.367 e. The summed E-state index contributed by atoms with van der Waals surface area (Å²) in [7, 11) is -3.66. The summed E-state index contributed by atoms with van der Waals surface area (Å²) in [4.78, 5) is 9.74. The van der Waals surface area contributed by atoms with E-state index in [9.17, 15) is 13.2 Å². The van der Waals surface area contributed by atoms with E-state index in [1.165, 1.54) is 0 Å². The van der Waals surface area contributed by atoms with E-state index in [4.69, 9.17) is 5.73 Å². The van der Waals surface area contributed by atoms with Crippen molar-refractivity contribution in [3.63, 3.8) is 0 Å². The third kappa shape index (κ3) is 1.27. The van der Waals surface area contributed by atoms with Crippen LogP contribution in [0.4, 0.5) is 0 Å². The number of hydrogen-bond donors (Lipinski definition) is 2. The van der Waals surface area contributed by atoms with E-state index < -0.39 is 20.6 Å². The zero-order valence-corrected chi connectivity index (χ0v) is 9.54. The average molecular weight is 240 g/mol. The van der Waals surface area contributed by atoms with Crippen molar-refractivity contribution in [2.75, 3.05) is 6.26 Å². The zero-order chi connectivity index (χ0) is 12.0. The van der Waals surface area contributed by atoms with E-state index in [1.54, 1.807) is 24.3 Å². The lowest BCUT2D eigenvalue weighted by Gasteiger charge is -2.24. The van der Waals surface area contributed by atoms with Crippen LogP contribution in [0.3, 0.4) is 0 Å². The second-order valence-corrected chi connectivity index (χ2v) is 5.99. The maximum Gasteiger partial charge on any atom is 0.258 e. The molecule has 0 bridgehead atoms. The van der Waals surface area contributed by atoms with Gasteiger partial charge in [0.1, 0.15) is 0 Å². The van der Waals surface area contributed by atoms with Crippen LogP contribution in [0.1, 0.15) is 11.1 Å². The largest absolute Gasteiger partial charge is 0.367 e. The fourth-order valence-corrected chi connectivity index (χ4v) is 3.36. The van der Waals surface area contributed by atoms with Crippen molar-refractivity contribution < 1.29 is 13.2 Å². The van der Waals surface area contributed by atoms with Crippen LogP contribution in [0.2, 0.25) is 0 Å². The molecular weight excluding hydrogens is 228 g/mol. The molecule has 1 heterocycles. The highest BCUT2D eigenvalue weighted by molar-refractivity contribution is 7.92. The number of hydrogen-bond acceptors (Lipinski definition) is 4. The van der Waals surface area contributed by atoms with Crippen LogP contribution in [0.5, 0.6) is 0 Å². The highest BCUT2D eigenvalue weighted by Gasteiger charge is 2.52. The van der Waals surface area contributed by atoms with Crippen molar-refractivity contribution in [3.8, 4) is 0 Å². The van der Waals surface area contributed by atoms with Gasteiger partial charge >= 0.3 is 0 Å². The number of carbonyl (C=O) groups excluding carboxylic acids is 1. The standard InChI is InChI=1S/C10H12N2O3S/c1-16(14,15)10(9(11)13)8-5-3-2-4-7(8)6-12-10/h2-5,12H,6H2,1H3,(H2,11,13). The lowest BCUT2D eigenvalue weighted by atomic mass is 10.0. The summed E-state index contributed by atoms with van der Waals surface area (Å²) >= 11 is 0. The van der Waals surface area contributed by atoms with Gasteiger partial charge in [-0.1, -0.05) is 24.3 Å². The molecule has 0 aromatic heterocycles. The third-order valence-corrected chi connectivity index (χ3v) is 4.51. The predicted octanol–water partition coefficient (Wildman–Crippen LogP) is -0.527. The molecule has 86 valence electrons. The lowest BCUT2D eigenvalue weighted by molar-refractivity contribution is -0.121. The molecule has 0 fully saturated rings. The second-order valence-electron chi connectivity index (χ2n) is 3.83. The molecule has 1 atom stereocenters. The van der Waals surface area contributed by atoms with E-state index in [0.717, 1.165) is 11.8 Å². The first-order chi connectivity index (χ1) is 7.39. The molecule has 0 saturated carbocycles. The molecule has 0 radical (unpaired) electrons. The molecule has 5 nitrogen and oxygen atoms in total. The highest BCUT2D eigenvalue weighted by atomic mass is 32.2. The molecule has 2 rings (SSSR count). The normalized spacial score (nSPS) is 24.1. The number of carbonyl (C=O) groups is 1. The van der Waals surface area contributed by atoms with Gasteiger partial charge in [0.15, 0.2) is 9.84 Å². The number of nitrogens with two attached hydrogens (primary N) is 1. The van der Waals surface area contributed by atoms with Crippen LogP contribution in [0.25, 0.3) is 0 Å². The first-order valence-corrected chi connectivity index (χ1v) is 6.61. The Morgan fingerprint density at radius 3 is 2.62 bits per heavy atom. The first-order valence-electron chi connectivity index (χ1n) is 4.72. The molecule has 16 heavy (non-hydrogen) atoms. The van der Waals surface area contributed by atoms with Gasteiger partial charge in [0.25, 0.3) is 5.91 Å². The Morgan fingerprint density at radius 2 is 2.06 bits per heavy atom. The number of rotatable bonds is 2. The van der Waals surface area contributed by atoms with Crippen molar-refractivity contribution in [1.82, 2.24) is 5.32 Å². The first kappa shape index (κ1) is 11.1. The smallest absolute Gasteiger partial charge is 0.258 e. The molecular formula is C10H12N2O3S.